The Labute approximate surface area is 163 Å². The van der Waals surface area contributed by atoms with E-state index in [4.69, 9.17) is 16.3 Å². The molecule has 4 rings (SSSR count). The molecule has 3 aromatic carbocycles. The number of benzene rings is 3. The van der Waals surface area contributed by atoms with E-state index >= 15 is 0 Å². The number of hydrogen-bond acceptors (Lipinski definition) is 4. The molecule has 0 saturated heterocycles. The minimum absolute atomic E-state index is 0.456. The third kappa shape index (κ3) is 3.18. The molecule has 1 aliphatic heterocycles. The van der Waals surface area contributed by atoms with Gasteiger partial charge in [-0.05, 0) is 35.9 Å². The molecule has 0 amide bonds. The largest absolute Gasteiger partial charge is 0.497 e. The van der Waals surface area contributed by atoms with E-state index in [2.05, 4.69) is 4.99 Å². The van der Waals surface area contributed by atoms with Crippen LogP contribution in [0.25, 0.3) is 0 Å². The minimum Gasteiger partial charge on any atom is -0.497 e. The van der Waals surface area contributed by atoms with Crippen molar-refractivity contribution in [2.24, 2.45) is 4.99 Å². The normalized spacial score (nSPS) is 18.3. The minimum atomic E-state index is -1.38. The lowest BCUT2D eigenvalue weighted by Gasteiger charge is -2.42. The van der Waals surface area contributed by atoms with Gasteiger partial charge >= 0.3 is 0 Å². The van der Waals surface area contributed by atoms with Gasteiger partial charge in [0.05, 0.1) is 19.1 Å². The summed E-state index contributed by atoms with van der Waals surface area (Å²) >= 11 is 6.24. The second-order valence-corrected chi connectivity index (χ2v) is 6.86. The fourth-order valence-corrected chi connectivity index (χ4v) is 3.56. The zero-order valence-electron chi connectivity index (χ0n) is 14.8. The van der Waals surface area contributed by atoms with Crippen LogP contribution in [-0.4, -0.2) is 23.5 Å². The Bertz CT molecular complexity index is 991. The summed E-state index contributed by atoms with van der Waals surface area (Å²) in [4.78, 5) is 6.34. The van der Waals surface area contributed by atoms with E-state index < -0.39 is 5.72 Å². The van der Waals surface area contributed by atoms with Crippen LogP contribution < -0.4 is 4.74 Å². The van der Waals surface area contributed by atoms with Crippen molar-refractivity contribution in [3.63, 3.8) is 0 Å². The molecule has 0 saturated carbocycles. The van der Waals surface area contributed by atoms with Crippen LogP contribution in [0.1, 0.15) is 16.7 Å². The van der Waals surface area contributed by atoms with Crippen molar-refractivity contribution in [1.29, 1.82) is 0 Å². The highest BCUT2D eigenvalue weighted by molar-refractivity contribution is 6.30. The molecule has 1 heterocycles. The lowest BCUT2D eigenvalue weighted by Crippen LogP contribution is -2.47. The molecule has 3 aromatic rings. The second kappa shape index (κ2) is 7.06. The van der Waals surface area contributed by atoms with Gasteiger partial charge in [-0.2, -0.15) is 0 Å². The van der Waals surface area contributed by atoms with Crippen molar-refractivity contribution in [1.82, 2.24) is 4.90 Å². The van der Waals surface area contributed by atoms with E-state index in [-0.39, 0.29) is 0 Å². The predicted molar refractivity (Wildman–Crippen MR) is 108 cm³/mol. The van der Waals surface area contributed by atoms with Gasteiger partial charge in [0.1, 0.15) is 5.75 Å². The standard InChI is InChI=1S/C22H19ClN2O2/c1-27-19-9-5-6-16(12-19)14-25-15-24-21-11-10-18(23)13-20(21)22(25,26)17-7-3-2-4-8-17/h2-13,15,26H,14H2,1H3. The first-order valence-electron chi connectivity index (χ1n) is 8.63. The summed E-state index contributed by atoms with van der Waals surface area (Å²) in [6.45, 7) is 0.456. The monoisotopic (exact) mass is 378 g/mol. The van der Waals surface area contributed by atoms with Gasteiger partial charge in [0, 0.05) is 22.7 Å². The molecule has 0 fully saturated rings. The molecular weight excluding hydrogens is 360 g/mol. The van der Waals surface area contributed by atoms with E-state index in [1.165, 1.54) is 0 Å². The third-order valence-electron chi connectivity index (χ3n) is 4.75. The Morgan fingerprint density at radius 2 is 1.85 bits per heavy atom. The highest BCUT2D eigenvalue weighted by atomic mass is 35.5. The molecule has 27 heavy (non-hydrogen) atoms. The summed E-state index contributed by atoms with van der Waals surface area (Å²) in [7, 11) is 1.64. The third-order valence-corrected chi connectivity index (χ3v) is 4.98. The summed E-state index contributed by atoms with van der Waals surface area (Å²) in [5, 5.41) is 12.5. The molecule has 1 atom stereocenters. The number of hydrogen-bond donors (Lipinski definition) is 1. The lowest BCUT2D eigenvalue weighted by molar-refractivity contribution is -0.0409. The van der Waals surface area contributed by atoms with Crippen LogP contribution >= 0.6 is 11.6 Å². The van der Waals surface area contributed by atoms with Gasteiger partial charge < -0.3 is 14.7 Å². The molecule has 136 valence electrons. The van der Waals surface area contributed by atoms with E-state index in [1.807, 2.05) is 65.6 Å². The first kappa shape index (κ1) is 17.6. The topological polar surface area (TPSA) is 45.1 Å². The zero-order valence-corrected chi connectivity index (χ0v) is 15.6. The van der Waals surface area contributed by atoms with E-state index in [0.29, 0.717) is 22.8 Å². The summed E-state index contributed by atoms with van der Waals surface area (Å²) in [5.41, 5.74) is 1.73. The summed E-state index contributed by atoms with van der Waals surface area (Å²) in [6.07, 6.45) is 1.68. The predicted octanol–water partition coefficient (Wildman–Crippen LogP) is 4.72. The molecule has 0 radical (unpaired) electrons. The van der Waals surface area contributed by atoms with Crippen molar-refractivity contribution >= 4 is 23.6 Å². The summed E-state index contributed by atoms with van der Waals surface area (Å²) in [5.74, 6) is 0.771. The number of aliphatic imine (C=N–C) groups is 1. The molecule has 0 bridgehead atoms. The van der Waals surface area contributed by atoms with Crippen LogP contribution in [0.3, 0.4) is 0 Å². The number of rotatable bonds is 4. The maximum Gasteiger partial charge on any atom is 0.194 e. The average molecular weight is 379 g/mol. The highest BCUT2D eigenvalue weighted by Gasteiger charge is 2.41. The van der Waals surface area contributed by atoms with Gasteiger partial charge in [0.15, 0.2) is 5.72 Å². The van der Waals surface area contributed by atoms with Crippen LogP contribution in [-0.2, 0) is 12.3 Å². The highest BCUT2D eigenvalue weighted by Crippen LogP contribution is 2.42. The Morgan fingerprint density at radius 3 is 2.63 bits per heavy atom. The fourth-order valence-electron chi connectivity index (χ4n) is 3.38. The van der Waals surface area contributed by atoms with Crippen molar-refractivity contribution in [3.8, 4) is 5.75 Å². The second-order valence-electron chi connectivity index (χ2n) is 6.42. The van der Waals surface area contributed by atoms with Gasteiger partial charge in [-0.3, -0.25) is 0 Å². The SMILES string of the molecule is COc1cccc(CN2C=Nc3ccc(Cl)cc3C2(O)c2ccccc2)c1. The van der Waals surface area contributed by atoms with Gasteiger partial charge in [-0.25, -0.2) is 4.99 Å². The number of nitrogens with zero attached hydrogens (tertiary/aromatic N) is 2. The Kier molecular flexibility index (Phi) is 4.60. The molecule has 0 aromatic heterocycles. The molecule has 4 nitrogen and oxygen atoms in total. The van der Waals surface area contributed by atoms with Crippen molar-refractivity contribution in [2.75, 3.05) is 7.11 Å². The van der Waals surface area contributed by atoms with Crippen molar-refractivity contribution in [2.45, 2.75) is 12.3 Å². The van der Waals surface area contributed by atoms with Crippen LogP contribution in [0.2, 0.25) is 5.02 Å². The molecule has 1 aliphatic rings. The zero-order chi connectivity index (χ0) is 18.9. The lowest BCUT2D eigenvalue weighted by atomic mass is 9.90. The molecule has 1 N–H and O–H groups in total. The Balaban J connectivity index is 1.83. The van der Waals surface area contributed by atoms with E-state index in [9.17, 15) is 5.11 Å². The summed E-state index contributed by atoms with van der Waals surface area (Å²) in [6, 6.07) is 22.7. The van der Waals surface area contributed by atoms with E-state index in [0.717, 1.165) is 16.9 Å². The van der Waals surface area contributed by atoms with Gasteiger partial charge in [-0.1, -0.05) is 54.1 Å². The molecule has 0 aliphatic carbocycles. The quantitative estimate of drug-likeness (QED) is 0.714. The maximum atomic E-state index is 11.9. The first-order chi connectivity index (χ1) is 13.1. The van der Waals surface area contributed by atoms with Gasteiger partial charge in [-0.15, -0.1) is 0 Å². The number of methoxy groups -OCH3 is 1. The number of halogens is 1. The van der Waals surface area contributed by atoms with Crippen molar-refractivity contribution < 1.29 is 9.84 Å². The average Bonchev–Trinajstić information content (AvgIpc) is 2.71. The molecule has 0 spiro atoms. The van der Waals surface area contributed by atoms with Crippen molar-refractivity contribution in [3.05, 3.63) is 94.5 Å². The Morgan fingerprint density at radius 1 is 1.04 bits per heavy atom. The first-order valence-corrected chi connectivity index (χ1v) is 9.01. The maximum absolute atomic E-state index is 11.9. The van der Waals surface area contributed by atoms with Gasteiger partial charge in [0.2, 0.25) is 0 Å². The van der Waals surface area contributed by atoms with E-state index in [1.54, 1.807) is 25.6 Å². The number of aliphatic hydroxyl groups is 1. The van der Waals surface area contributed by atoms with Crippen LogP contribution in [0.15, 0.2) is 77.8 Å². The molecule has 5 heteroatoms. The Hall–Kier alpha value is -2.82. The number of fused-ring (bicyclic) bond motifs is 1. The summed E-state index contributed by atoms with van der Waals surface area (Å²) < 4.78 is 5.32. The fraction of sp³-hybridized carbons (Fsp3) is 0.136. The van der Waals surface area contributed by atoms with Crippen LogP contribution in [0.4, 0.5) is 5.69 Å². The van der Waals surface area contributed by atoms with Crippen LogP contribution in [0, 0.1) is 0 Å². The van der Waals surface area contributed by atoms with Crippen LogP contribution in [0.5, 0.6) is 5.75 Å². The number of ether oxygens (including phenoxy) is 1. The smallest absolute Gasteiger partial charge is 0.194 e. The molecule has 1 unspecified atom stereocenters. The molecular formula is C22H19ClN2O2. The van der Waals surface area contributed by atoms with Gasteiger partial charge in [0.25, 0.3) is 0 Å².